The molecule has 0 aromatic heterocycles. The summed E-state index contributed by atoms with van der Waals surface area (Å²) in [6, 6.07) is 0. The van der Waals surface area contributed by atoms with E-state index in [0.717, 1.165) is 6.16 Å². The Morgan fingerprint density at radius 2 is 2.20 bits per heavy atom. The van der Waals surface area contributed by atoms with Crippen molar-refractivity contribution in [2.45, 2.75) is 6.92 Å². The van der Waals surface area contributed by atoms with Gasteiger partial charge in [0.15, 0.2) is 0 Å². The van der Waals surface area contributed by atoms with Gasteiger partial charge in [-0.2, -0.15) is 0 Å². The molecule has 0 aliphatic carbocycles. The summed E-state index contributed by atoms with van der Waals surface area (Å²) in [7, 11) is 0. The van der Waals surface area contributed by atoms with Crippen LogP contribution in [0.4, 0.5) is 0 Å². The van der Waals surface area contributed by atoms with E-state index < -0.39 is 5.20 Å². The third-order valence-electron chi connectivity index (χ3n) is 0.261. The van der Waals surface area contributed by atoms with Crippen LogP contribution in [0, 0.1) is 5.00 Å². The van der Waals surface area contributed by atoms with Crippen LogP contribution in [0.15, 0.2) is 0 Å². The molecule has 1 atom stereocenters. The second-order valence-electron chi connectivity index (χ2n) is 0.653. The highest BCUT2D eigenvalue weighted by Crippen LogP contribution is 2.25. The van der Waals surface area contributed by atoms with Crippen LogP contribution in [0.1, 0.15) is 6.92 Å². The summed E-state index contributed by atoms with van der Waals surface area (Å²) in [6.07, 6.45) is 0.913. The van der Waals surface area contributed by atoms with Crippen molar-refractivity contribution in [2.75, 3.05) is 6.16 Å². The van der Waals surface area contributed by atoms with Gasteiger partial charge >= 0.3 is 0 Å². The molecule has 0 saturated heterocycles. The Labute approximate surface area is 45.6 Å². The minimum Gasteiger partial charge on any atom is -0.234 e. The summed E-state index contributed by atoms with van der Waals surface area (Å²) >= 11 is 2.03. The predicted octanol–water partition coefficient (Wildman–Crippen LogP) is 2.32. The molecule has 0 bridgehead atoms. The van der Waals surface area contributed by atoms with Gasteiger partial charge in [-0.3, -0.25) is 0 Å². The highest BCUT2D eigenvalue weighted by atomic mass is 127. The van der Waals surface area contributed by atoms with E-state index in [9.17, 15) is 0 Å². The molecular weight excluding hydrogens is 196 g/mol. The maximum Gasteiger partial charge on any atom is 0.107 e. The molecule has 0 aromatic rings. The van der Waals surface area contributed by atoms with Crippen LogP contribution >= 0.6 is 27.2 Å². The third kappa shape index (κ3) is 4.74. The molecular formula is C2H5INP. The first-order valence-electron chi connectivity index (χ1n) is 1.39. The molecule has 0 radical (unpaired) electrons. The fraction of sp³-hybridized carbons (Fsp3) is 1.00. The first kappa shape index (κ1) is 5.74. The molecule has 0 aliphatic heterocycles. The van der Waals surface area contributed by atoms with Crippen molar-refractivity contribution in [1.29, 1.82) is 5.00 Å². The molecule has 0 aliphatic rings. The molecule has 5 heavy (non-hydrogen) atoms. The van der Waals surface area contributed by atoms with Gasteiger partial charge < -0.3 is 0 Å². The summed E-state index contributed by atoms with van der Waals surface area (Å²) in [5.41, 5.74) is 0. The summed E-state index contributed by atoms with van der Waals surface area (Å²) in [5.74, 6) is 0. The van der Waals surface area contributed by atoms with E-state index >= 15 is 0 Å². The smallest absolute Gasteiger partial charge is 0.107 e. The lowest BCUT2D eigenvalue weighted by Gasteiger charge is -1.66. The average Bonchev–Trinajstić information content (AvgIpc) is 1.38. The fourth-order valence-corrected chi connectivity index (χ4v) is 0. The Morgan fingerprint density at radius 3 is 2.20 bits per heavy atom. The molecule has 0 amide bonds. The quantitative estimate of drug-likeness (QED) is 0.435. The lowest BCUT2D eigenvalue weighted by Crippen LogP contribution is -1.44. The van der Waals surface area contributed by atoms with E-state index in [1.807, 2.05) is 29.0 Å². The molecule has 0 spiro atoms. The van der Waals surface area contributed by atoms with Crippen molar-refractivity contribution in [3.05, 3.63) is 0 Å². The van der Waals surface area contributed by atoms with E-state index in [4.69, 9.17) is 5.00 Å². The van der Waals surface area contributed by atoms with Crippen molar-refractivity contribution in [1.82, 2.24) is 0 Å². The van der Waals surface area contributed by atoms with E-state index in [0.29, 0.717) is 0 Å². The van der Waals surface area contributed by atoms with Gasteiger partial charge in [-0.1, -0.05) is 6.92 Å². The standard InChI is InChI=1S/C2H5INP/c1-2-5(3)4/h2H2,1H3. The Kier molecular flexibility index (Phi) is 3.39. The van der Waals surface area contributed by atoms with Crippen LogP contribution in [0.3, 0.4) is 0 Å². The zero-order valence-corrected chi connectivity index (χ0v) is 6.03. The molecule has 0 N–H and O–H groups in total. The zero-order valence-electron chi connectivity index (χ0n) is 2.98. The van der Waals surface area contributed by atoms with Gasteiger partial charge in [0.25, 0.3) is 0 Å². The van der Waals surface area contributed by atoms with E-state index in [-0.39, 0.29) is 0 Å². The maximum absolute atomic E-state index is 8.41. The van der Waals surface area contributed by atoms with Gasteiger partial charge in [0, 0.05) is 28.2 Å². The normalized spacial score (nSPS) is 11.0. The van der Waals surface area contributed by atoms with E-state index in [2.05, 4.69) is 0 Å². The molecule has 0 rings (SSSR count). The SMILES string of the molecule is CCP(#N)I. The summed E-state index contributed by atoms with van der Waals surface area (Å²) < 4.78 is 0. The van der Waals surface area contributed by atoms with E-state index in [1.165, 1.54) is 0 Å². The molecule has 0 saturated carbocycles. The topological polar surface area (TPSA) is 23.8 Å². The maximum atomic E-state index is 8.41. The highest BCUT2D eigenvalue weighted by Gasteiger charge is 1.73. The Hall–Kier alpha value is 0.740. The molecule has 30 valence electrons. The second kappa shape index (κ2) is 2.95. The zero-order chi connectivity index (χ0) is 4.28. The van der Waals surface area contributed by atoms with Crippen LogP contribution in [0.5, 0.6) is 0 Å². The van der Waals surface area contributed by atoms with Crippen LogP contribution in [0.2, 0.25) is 0 Å². The predicted molar refractivity (Wildman–Crippen MR) is 33.2 cm³/mol. The molecule has 0 heterocycles. The molecule has 1 nitrogen and oxygen atoms in total. The lowest BCUT2D eigenvalue weighted by molar-refractivity contribution is 1.50. The number of hydrogen-bond donors (Lipinski definition) is 0. The fourth-order valence-electron chi connectivity index (χ4n) is 0. The first-order chi connectivity index (χ1) is 2.27. The summed E-state index contributed by atoms with van der Waals surface area (Å²) in [6.45, 7) is 1.97. The van der Waals surface area contributed by atoms with Gasteiger partial charge in [0.05, 0.1) is 0 Å². The van der Waals surface area contributed by atoms with Crippen LogP contribution in [0.25, 0.3) is 0 Å². The van der Waals surface area contributed by atoms with E-state index in [1.54, 1.807) is 0 Å². The largest absolute Gasteiger partial charge is 0.234 e. The molecule has 0 fully saturated rings. The van der Waals surface area contributed by atoms with Crippen molar-refractivity contribution in [3.8, 4) is 0 Å². The third-order valence-corrected chi connectivity index (χ3v) is 2.83. The molecule has 3 heteroatoms. The second-order valence-corrected chi connectivity index (χ2v) is 5.30. The van der Waals surface area contributed by atoms with Gasteiger partial charge in [-0.25, -0.2) is 5.00 Å². The van der Waals surface area contributed by atoms with Gasteiger partial charge in [-0.05, 0) is 0 Å². The summed E-state index contributed by atoms with van der Waals surface area (Å²) in [4.78, 5) is 0. The van der Waals surface area contributed by atoms with Crippen molar-refractivity contribution in [2.24, 2.45) is 0 Å². The van der Waals surface area contributed by atoms with Crippen LogP contribution in [-0.2, 0) is 0 Å². The van der Waals surface area contributed by atoms with Crippen molar-refractivity contribution >= 4 is 27.2 Å². The van der Waals surface area contributed by atoms with Crippen molar-refractivity contribution in [3.63, 3.8) is 0 Å². The monoisotopic (exact) mass is 201 g/mol. The van der Waals surface area contributed by atoms with Gasteiger partial charge in [-0.15, -0.1) is 0 Å². The Bertz CT molecular complexity index is 71.5. The molecule has 0 aromatic carbocycles. The highest BCUT2D eigenvalue weighted by molar-refractivity contribution is 14.2. The minimum atomic E-state index is -0.628. The summed E-state index contributed by atoms with van der Waals surface area (Å²) in [5, 5.41) is 7.78. The number of rotatable bonds is 0. The number of nitrogens with zero attached hydrogens (tertiary/aromatic N) is 1. The van der Waals surface area contributed by atoms with Crippen LogP contribution in [-0.4, -0.2) is 6.16 Å². The first-order valence-corrected chi connectivity index (χ1v) is 5.66. The van der Waals surface area contributed by atoms with Crippen LogP contribution < -0.4 is 0 Å². The molecule has 1 unspecified atom stereocenters. The van der Waals surface area contributed by atoms with Crippen molar-refractivity contribution < 1.29 is 0 Å². The average molecular weight is 201 g/mol. The van der Waals surface area contributed by atoms with Gasteiger partial charge in [0.2, 0.25) is 0 Å². The minimum absolute atomic E-state index is 0.628. The van der Waals surface area contributed by atoms with Gasteiger partial charge in [0.1, 0.15) is 5.20 Å². The number of hydrogen-bond acceptors (Lipinski definition) is 1. The Morgan fingerprint density at radius 1 is 2.00 bits per heavy atom. The lowest BCUT2D eigenvalue weighted by atomic mass is 11.0. The Balaban J connectivity index is 2.97. The number of halogens is 1.